The van der Waals surface area contributed by atoms with Gasteiger partial charge in [0.05, 0.1) is 35.5 Å². The number of carbonyl (C=O) groups excluding carboxylic acids is 2. The molecule has 45 heavy (non-hydrogen) atoms. The van der Waals surface area contributed by atoms with Gasteiger partial charge < -0.3 is 23.8 Å². The van der Waals surface area contributed by atoms with Gasteiger partial charge in [-0.3, -0.25) is 14.1 Å². The Labute approximate surface area is 261 Å². The summed E-state index contributed by atoms with van der Waals surface area (Å²) in [7, 11) is -4.39. The maximum absolute atomic E-state index is 14.1. The number of benzene rings is 1. The Bertz CT molecular complexity index is 1620. The molecule has 2 N–H and O–H groups in total. The SMILES string of the molecule is Cc1ncnn2c([C@]3(C#N)O[C@H](CO[P@](=O)(N[C@H](C)C(=O)OC(C)C)Oc4ccccc4)[C@@H](OC(=O)C(C)C)[C@@]3(C)O)ccc12. The predicted octanol–water partition coefficient (Wildman–Crippen LogP) is 3.61. The maximum atomic E-state index is 14.1. The highest BCUT2D eigenvalue weighted by Crippen LogP contribution is 2.51. The molecule has 242 valence electrons. The summed E-state index contributed by atoms with van der Waals surface area (Å²) in [6.45, 7) is 10.5. The smallest absolute Gasteiger partial charge is 0.459 e. The van der Waals surface area contributed by atoms with Crippen LogP contribution < -0.4 is 9.61 Å². The van der Waals surface area contributed by atoms with E-state index in [0.717, 1.165) is 0 Å². The van der Waals surface area contributed by atoms with Crippen LogP contribution in [0, 0.1) is 24.2 Å². The van der Waals surface area contributed by atoms with Gasteiger partial charge in [0.2, 0.25) is 5.60 Å². The number of aryl methyl sites for hydroxylation is 1. The lowest BCUT2D eigenvalue weighted by Crippen LogP contribution is -2.54. The van der Waals surface area contributed by atoms with Crippen LogP contribution in [0.1, 0.15) is 52.9 Å². The lowest BCUT2D eigenvalue weighted by atomic mass is 9.80. The largest absolute Gasteiger partial charge is 0.462 e. The summed E-state index contributed by atoms with van der Waals surface area (Å²) in [5, 5.41) is 29.4. The second-order valence-corrected chi connectivity index (χ2v) is 13.2. The molecule has 1 aliphatic heterocycles. The first-order valence-corrected chi connectivity index (χ1v) is 16.0. The Morgan fingerprint density at radius 3 is 2.47 bits per heavy atom. The molecule has 3 heterocycles. The van der Waals surface area contributed by atoms with E-state index >= 15 is 0 Å². The highest BCUT2D eigenvalue weighted by Gasteiger charge is 2.67. The van der Waals surface area contributed by atoms with E-state index in [1.54, 1.807) is 77.1 Å². The summed E-state index contributed by atoms with van der Waals surface area (Å²) < 4.78 is 44.3. The second kappa shape index (κ2) is 13.2. The number of hydrogen-bond acceptors (Lipinski definition) is 12. The first-order valence-electron chi connectivity index (χ1n) is 14.4. The van der Waals surface area contributed by atoms with Crippen molar-refractivity contribution >= 4 is 25.2 Å². The topological polar surface area (TPSA) is 184 Å². The minimum absolute atomic E-state index is 0.149. The van der Waals surface area contributed by atoms with Gasteiger partial charge in [-0.25, -0.2) is 14.1 Å². The zero-order valence-electron chi connectivity index (χ0n) is 26.2. The number of para-hydroxylation sites is 1. The van der Waals surface area contributed by atoms with Gasteiger partial charge in [0.15, 0.2) is 6.10 Å². The number of aromatic nitrogens is 3. The van der Waals surface area contributed by atoms with Crippen molar-refractivity contribution in [1.82, 2.24) is 19.7 Å². The van der Waals surface area contributed by atoms with E-state index in [2.05, 4.69) is 21.2 Å². The Kier molecular flexibility index (Phi) is 10.0. The van der Waals surface area contributed by atoms with Gasteiger partial charge in [-0.2, -0.15) is 15.4 Å². The van der Waals surface area contributed by atoms with E-state index in [0.29, 0.717) is 11.2 Å². The fourth-order valence-electron chi connectivity index (χ4n) is 4.89. The molecule has 0 spiro atoms. The summed E-state index contributed by atoms with van der Waals surface area (Å²) in [5.41, 5.74) is -2.98. The first kappa shape index (κ1) is 34.0. The molecule has 1 aromatic carbocycles. The summed E-state index contributed by atoms with van der Waals surface area (Å²) in [4.78, 5) is 29.6. The van der Waals surface area contributed by atoms with Crippen LogP contribution in [-0.4, -0.2) is 68.2 Å². The van der Waals surface area contributed by atoms with Crippen LogP contribution >= 0.6 is 7.75 Å². The number of fused-ring (bicyclic) bond motifs is 1. The number of hydrogen-bond donors (Lipinski definition) is 2. The van der Waals surface area contributed by atoms with E-state index in [4.69, 9.17) is 23.3 Å². The van der Waals surface area contributed by atoms with Crippen molar-refractivity contribution < 1.29 is 42.5 Å². The molecule has 0 saturated carbocycles. The Morgan fingerprint density at radius 2 is 1.84 bits per heavy atom. The van der Waals surface area contributed by atoms with Crippen LogP contribution in [0.2, 0.25) is 0 Å². The number of aliphatic hydroxyl groups is 1. The summed E-state index contributed by atoms with van der Waals surface area (Å²) in [6, 6.07) is 12.3. The molecule has 0 aliphatic carbocycles. The van der Waals surface area contributed by atoms with Gasteiger partial charge in [-0.05, 0) is 58.9 Å². The molecule has 4 rings (SSSR count). The third kappa shape index (κ3) is 6.88. The van der Waals surface area contributed by atoms with Crippen molar-refractivity contribution in [3.63, 3.8) is 0 Å². The van der Waals surface area contributed by atoms with E-state index in [-0.39, 0.29) is 11.4 Å². The third-order valence-corrected chi connectivity index (χ3v) is 8.89. The summed E-state index contributed by atoms with van der Waals surface area (Å²) in [5.74, 6) is -1.80. The monoisotopic (exact) mass is 643 g/mol. The van der Waals surface area contributed by atoms with Crippen LogP contribution in [0.5, 0.6) is 5.75 Å². The van der Waals surface area contributed by atoms with Crippen LogP contribution in [0.4, 0.5) is 0 Å². The fraction of sp³-hybridized carbons (Fsp3) is 0.500. The Balaban J connectivity index is 1.72. The zero-order valence-corrected chi connectivity index (χ0v) is 27.1. The van der Waals surface area contributed by atoms with Gasteiger partial charge in [0.25, 0.3) is 0 Å². The van der Waals surface area contributed by atoms with Crippen molar-refractivity contribution in [2.75, 3.05) is 6.61 Å². The molecule has 0 bridgehead atoms. The number of nitrogens with one attached hydrogen (secondary N) is 1. The molecule has 2 aromatic heterocycles. The second-order valence-electron chi connectivity index (χ2n) is 11.5. The van der Waals surface area contributed by atoms with Crippen LogP contribution in [0.15, 0.2) is 48.8 Å². The molecule has 1 aliphatic rings. The highest BCUT2D eigenvalue weighted by molar-refractivity contribution is 7.52. The number of esters is 2. The van der Waals surface area contributed by atoms with Crippen LogP contribution in [-0.2, 0) is 38.5 Å². The molecule has 3 aromatic rings. The van der Waals surface area contributed by atoms with Crippen molar-refractivity contribution in [1.29, 1.82) is 5.26 Å². The average molecular weight is 644 g/mol. The minimum atomic E-state index is -4.39. The number of nitriles is 1. The predicted molar refractivity (Wildman–Crippen MR) is 160 cm³/mol. The number of nitrogens with zero attached hydrogens (tertiary/aromatic N) is 4. The highest BCUT2D eigenvalue weighted by atomic mass is 31.2. The third-order valence-electron chi connectivity index (χ3n) is 7.24. The van der Waals surface area contributed by atoms with Crippen molar-refractivity contribution in [2.45, 2.75) is 84.0 Å². The van der Waals surface area contributed by atoms with Gasteiger partial charge in [0, 0.05) is 0 Å². The molecule has 1 saturated heterocycles. The number of ether oxygens (including phenoxy) is 3. The quantitative estimate of drug-likeness (QED) is 0.216. The van der Waals surface area contributed by atoms with E-state index in [1.807, 2.05) is 0 Å². The van der Waals surface area contributed by atoms with Crippen LogP contribution in [0.3, 0.4) is 0 Å². The molecule has 15 heteroatoms. The first-order chi connectivity index (χ1) is 21.1. The summed E-state index contributed by atoms with van der Waals surface area (Å²) >= 11 is 0. The van der Waals surface area contributed by atoms with Gasteiger partial charge in [-0.15, -0.1) is 0 Å². The fourth-order valence-corrected chi connectivity index (χ4v) is 6.39. The standard InChI is InChI=1S/C30H38N5O9P/c1-18(2)27(36)42-26-24(43-30(16-31,29(26,7)38)25-14-13-23-20(5)32-17-33-35(23)25)15-40-45(39,44-22-11-9-8-10-12-22)34-21(6)28(37)41-19(3)4/h8-14,17-19,21,24,26,38H,15H2,1-7H3,(H,34,39)/t21-,24-,26-,29-,30+,45-/m1/s1. The van der Waals surface area contributed by atoms with E-state index < -0.39 is 67.8 Å². The van der Waals surface area contributed by atoms with Gasteiger partial charge in [-0.1, -0.05) is 32.0 Å². The Hall–Kier alpha value is -3.86. The molecule has 14 nitrogen and oxygen atoms in total. The lowest BCUT2D eigenvalue weighted by Gasteiger charge is -2.34. The van der Waals surface area contributed by atoms with Gasteiger partial charge >= 0.3 is 19.7 Å². The minimum Gasteiger partial charge on any atom is -0.462 e. The van der Waals surface area contributed by atoms with Crippen molar-refractivity contribution in [2.24, 2.45) is 5.92 Å². The maximum Gasteiger partial charge on any atom is 0.459 e. The van der Waals surface area contributed by atoms with E-state index in [9.17, 15) is 24.5 Å². The molecule has 0 unspecified atom stereocenters. The zero-order chi connectivity index (χ0) is 33.2. The van der Waals surface area contributed by atoms with E-state index in [1.165, 1.54) is 24.7 Å². The molecule has 0 radical (unpaired) electrons. The summed E-state index contributed by atoms with van der Waals surface area (Å²) in [6.07, 6.45) is -1.95. The molecule has 1 fully saturated rings. The van der Waals surface area contributed by atoms with Crippen molar-refractivity contribution in [3.8, 4) is 11.8 Å². The molecular weight excluding hydrogens is 605 g/mol. The van der Waals surface area contributed by atoms with Crippen LogP contribution in [0.25, 0.3) is 5.52 Å². The average Bonchev–Trinajstić information content (AvgIpc) is 3.50. The molecule has 6 atom stereocenters. The number of rotatable bonds is 12. The van der Waals surface area contributed by atoms with Crippen molar-refractivity contribution in [3.05, 3.63) is 60.2 Å². The lowest BCUT2D eigenvalue weighted by molar-refractivity contribution is -0.168. The molecular formula is C30H38N5O9P. The number of carbonyl (C=O) groups is 2. The van der Waals surface area contributed by atoms with Gasteiger partial charge in [0.1, 0.15) is 35.9 Å². The molecule has 0 amide bonds. The Morgan fingerprint density at radius 1 is 1.16 bits per heavy atom. The normalized spacial score (nSPS) is 25.1.